The molecule has 3 rings (SSSR count). The molecule has 0 aliphatic carbocycles. The fraction of sp³-hybridized carbons (Fsp3) is 0.0588. The number of hydrogen-bond donors (Lipinski definition) is 1. The minimum atomic E-state index is -0.148. The van der Waals surface area contributed by atoms with Crippen LogP contribution in [0.5, 0.6) is 11.5 Å². The lowest BCUT2D eigenvalue weighted by Gasteiger charge is -2.07. The highest BCUT2D eigenvalue weighted by Gasteiger charge is 2.06. The largest absolute Gasteiger partial charge is 0.457 e. The summed E-state index contributed by atoms with van der Waals surface area (Å²) < 4.78 is 10.5. The van der Waals surface area contributed by atoms with E-state index in [2.05, 4.69) is 10.3 Å². The highest BCUT2D eigenvalue weighted by atomic mass is 16.5. The van der Waals surface area contributed by atoms with Crippen molar-refractivity contribution in [2.24, 2.45) is 0 Å². The van der Waals surface area contributed by atoms with Gasteiger partial charge in [0.05, 0.1) is 12.1 Å². The van der Waals surface area contributed by atoms with Crippen molar-refractivity contribution in [3.05, 3.63) is 72.9 Å². The molecule has 5 nitrogen and oxygen atoms in total. The van der Waals surface area contributed by atoms with Crippen LogP contribution in [-0.4, -0.2) is 10.9 Å². The first-order valence-corrected chi connectivity index (χ1v) is 6.79. The number of nitrogens with one attached hydrogen (secondary N) is 1. The number of carbonyl (C=O) groups excluding carboxylic acids is 1. The van der Waals surface area contributed by atoms with Crippen molar-refractivity contribution in [2.45, 2.75) is 6.42 Å². The van der Waals surface area contributed by atoms with Gasteiger partial charge in [0.25, 0.3) is 0 Å². The van der Waals surface area contributed by atoms with Crippen molar-refractivity contribution in [2.75, 3.05) is 5.32 Å². The van der Waals surface area contributed by atoms with Crippen LogP contribution in [0.4, 0.5) is 5.69 Å². The molecular weight excluding hydrogens is 280 g/mol. The lowest BCUT2D eigenvalue weighted by atomic mass is 10.2. The number of carbonyl (C=O) groups is 1. The van der Waals surface area contributed by atoms with Gasteiger partial charge in [0.1, 0.15) is 17.8 Å². The first-order chi connectivity index (χ1) is 10.8. The van der Waals surface area contributed by atoms with E-state index in [1.165, 1.54) is 12.7 Å². The van der Waals surface area contributed by atoms with Crippen LogP contribution in [-0.2, 0) is 11.2 Å². The standard InChI is InChI=1S/C17H14N2O3/c20-17(10-14-11-21-12-18-14)19-13-6-8-16(9-7-13)22-15-4-2-1-3-5-15/h1-9,11-12H,10H2,(H,19,20). The van der Waals surface area contributed by atoms with E-state index < -0.39 is 0 Å². The molecule has 0 radical (unpaired) electrons. The highest BCUT2D eigenvalue weighted by Crippen LogP contribution is 2.22. The van der Waals surface area contributed by atoms with Gasteiger partial charge in [0.2, 0.25) is 5.91 Å². The Hall–Kier alpha value is -3.08. The zero-order chi connectivity index (χ0) is 15.2. The summed E-state index contributed by atoms with van der Waals surface area (Å²) in [5, 5.41) is 2.80. The molecule has 0 spiro atoms. The van der Waals surface area contributed by atoms with E-state index in [4.69, 9.17) is 9.15 Å². The Balaban J connectivity index is 1.58. The van der Waals surface area contributed by atoms with Gasteiger partial charge in [-0.15, -0.1) is 0 Å². The Kier molecular flexibility index (Phi) is 4.15. The zero-order valence-corrected chi connectivity index (χ0v) is 11.7. The second kappa shape index (κ2) is 6.58. The summed E-state index contributed by atoms with van der Waals surface area (Å²) in [7, 11) is 0. The van der Waals surface area contributed by atoms with Crippen LogP contribution in [0.15, 0.2) is 71.7 Å². The Bertz CT molecular complexity index is 722. The third-order valence-corrected chi connectivity index (χ3v) is 2.94. The molecule has 0 bridgehead atoms. The third kappa shape index (κ3) is 3.73. The van der Waals surface area contributed by atoms with Gasteiger partial charge < -0.3 is 14.5 Å². The van der Waals surface area contributed by atoms with Crippen LogP contribution in [0, 0.1) is 0 Å². The van der Waals surface area contributed by atoms with E-state index in [1.807, 2.05) is 30.3 Å². The molecule has 0 unspecified atom stereocenters. The lowest BCUT2D eigenvalue weighted by molar-refractivity contribution is -0.115. The van der Waals surface area contributed by atoms with Crippen molar-refractivity contribution in [1.82, 2.24) is 4.98 Å². The number of ether oxygens (including phenoxy) is 1. The summed E-state index contributed by atoms with van der Waals surface area (Å²) in [6.07, 6.45) is 2.94. The molecule has 0 fully saturated rings. The maximum Gasteiger partial charge on any atom is 0.230 e. The van der Waals surface area contributed by atoms with Crippen molar-refractivity contribution in [3.8, 4) is 11.5 Å². The third-order valence-electron chi connectivity index (χ3n) is 2.94. The topological polar surface area (TPSA) is 64.4 Å². The summed E-state index contributed by atoms with van der Waals surface area (Å²) in [5.74, 6) is 1.33. The number of oxazole rings is 1. The summed E-state index contributed by atoms with van der Waals surface area (Å²) in [4.78, 5) is 15.7. The van der Waals surface area contributed by atoms with Crippen molar-refractivity contribution < 1.29 is 13.9 Å². The van der Waals surface area contributed by atoms with Crippen molar-refractivity contribution in [1.29, 1.82) is 0 Å². The monoisotopic (exact) mass is 294 g/mol. The average Bonchev–Trinajstić information content (AvgIpc) is 3.03. The molecule has 0 saturated carbocycles. The van der Waals surface area contributed by atoms with Gasteiger partial charge in [0, 0.05) is 5.69 Å². The van der Waals surface area contributed by atoms with E-state index in [0.29, 0.717) is 17.1 Å². The van der Waals surface area contributed by atoms with E-state index in [9.17, 15) is 4.79 Å². The molecule has 5 heteroatoms. The number of nitrogens with zero attached hydrogens (tertiary/aromatic N) is 1. The summed E-state index contributed by atoms with van der Waals surface area (Å²) in [5.41, 5.74) is 1.30. The first kappa shape index (κ1) is 13.9. The minimum absolute atomic E-state index is 0.148. The van der Waals surface area contributed by atoms with Gasteiger partial charge in [-0.1, -0.05) is 18.2 Å². The van der Waals surface area contributed by atoms with Crippen LogP contribution < -0.4 is 10.1 Å². The highest BCUT2D eigenvalue weighted by molar-refractivity contribution is 5.92. The molecule has 0 aliphatic heterocycles. The van der Waals surface area contributed by atoms with E-state index >= 15 is 0 Å². The van der Waals surface area contributed by atoms with Gasteiger partial charge in [-0.2, -0.15) is 0 Å². The van der Waals surface area contributed by atoms with E-state index in [1.54, 1.807) is 24.3 Å². The summed E-state index contributed by atoms with van der Waals surface area (Å²) in [6, 6.07) is 16.7. The molecule has 1 amide bonds. The normalized spacial score (nSPS) is 10.2. The van der Waals surface area contributed by atoms with Gasteiger partial charge in [-0.25, -0.2) is 4.98 Å². The van der Waals surface area contributed by atoms with Crippen LogP contribution in [0.25, 0.3) is 0 Å². The maximum absolute atomic E-state index is 11.8. The van der Waals surface area contributed by atoms with Crippen LogP contribution in [0.1, 0.15) is 5.69 Å². The smallest absolute Gasteiger partial charge is 0.230 e. The quantitative estimate of drug-likeness (QED) is 0.780. The number of para-hydroxylation sites is 1. The average molecular weight is 294 g/mol. The Morgan fingerprint density at radius 3 is 2.45 bits per heavy atom. The van der Waals surface area contributed by atoms with Crippen molar-refractivity contribution in [3.63, 3.8) is 0 Å². The maximum atomic E-state index is 11.8. The van der Waals surface area contributed by atoms with Gasteiger partial charge in [-0.05, 0) is 36.4 Å². The number of amides is 1. The molecule has 1 aromatic heterocycles. The molecule has 22 heavy (non-hydrogen) atoms. The Morgan fingerprint density at radius 1 is 1.05 bits per heavy atom. The number of aromatic nitrogens is 1. The molecule has 0 saturated heterocycles. The number of rotatable bonds is 5. The number of benzene rings is 2. The van der Waals surface area contributed by atoms with Gasteiger partial charge >= 0.3 is 0 Å². The number of anilines is 1. The Morgan fingerprint density at radius 2 is 1.77 bits per heavy atom. The molecular formula is C17H14N2O3. The van der Waals surface area contributed by atoms with Gasteiger partial charge in [0.15, 0.2) is 6.39 Å². The SMILES string of the molecule is O=C(Cc1cocn1)Nc1ccc(Oc2ccccc2)cc1. The first-order valence-electron chi connectivity index (χ1n) is 6.79. The molecule has 3 aromatic rings. The minimum Gasteiger partial charge on any atom is -0.457 e. The molecule has 2 aromatic carbocycles. The van der Waals surface area contributed by atoms with Crippen molar-refractivity contribution >= 4 is 11.6 Å². The predicted molar refractivity (Wildman–Crippen MR) is 81.8 cm³/mol. The van der Waals surface area contributed by atoms with Crippen LogP contribution in [0.3, 0.4) is 0 Å². The second-order valence-electron chi connectivity index (χ2n) is 4.64. The van der Waals surface area contributed by atoms with Crippen LogP contribution in [0.2, 0.25) is 0 Å². The molecule has 0 atom stereocenters. The lowest BCUT2D eigenvalue weighted by Crippen LogP contribution is -2.14. The summed E-state index contributed by atoms with van der Waals surface area (Å²) in [6.45, 7) is 0. The molecule has 1 N–H and O–H groups in total. The second-order valence-corrected chi connectivity index (χ2v) is 4.64. The number of hydrogen-bond acceptors (Lipinski definition) is 4. The summed E-state index contributed by atoms with van der Waals surface area (Å²) >= 11 is 0. The van der Waals surface area contributed by atoms with E-state index in [0.717, 1.165) is 5.75 Å². The fourth-order valence-corrected chi connectivity index (χ4v) is 1.93. The fourth-order valence-electron chi connectivity index (χ4n) is 1.93. The Labute approximate surface area is 127 Å². The van der Waals surface area contributed by atoms with E-state index in [-0.39, 0.29) is 12.3 Å². The predicted octanol–water partition coefficient (Wildman–Crippen LogP) is 3.65. The van der Waals surface area contributed by atoms with Gasteiger partial charge in [-0.3, -0.25) is 4.79 Å². The molecule has 1 heterocycles. The molecule has 0 aliphatic rings. The zero-order valence-electron chi connectivity index (χ0n) is 11.7. The van der Waals surface area contributed by atoms with Crippen LogP contribution >= 0.6 is 0 Å². The molecule has 110 valence electrons.